The van der Waals surface area contributed by atoms with Crippen molar-refractivity contribution in [2.75, 3.05) is 5.75 Å². The van der Waals surface area contributed by atoms with Gasteiger partial charge in [0.05, 0.1) is 0 Å². The Bertz CT molecular complexity index is 259. The van der Waals surface area contributed by atoms with Gasteiger partial charge < -0.3 is 0 Å². The molecule has 1 aliphatic heterocycles. The minimum atomic E-state index is 1.22. The summed E-state index contributed by atoms with van der Waals surface area (Å²) in [7, 11) is 11.3. The summed E-state index contributed by atoms with van der Waals surface area (Å²) in [5.41, 5.74) is 0. The summed E-state index contributed by atoms with van der Waals surface area (Å²) >= 11 is 0. The number of hydrogen-bond acceptors (Lipinski definition) is 6. The maximum atomic E-state index is 2.28. The normalized spacial score (nSPS) is 21.6. The molecule has 0 radical (unpaired) electrons. The van der Waals surface area contributed by atoms with Crippen molar-refractivity contribution in [3.63, 3.8) is 0 Å². The lowest BCUT2D eigenvalue weighted by atomic mass is 10.1. The third kappa shape index (κ3) is 14.3. The highest BCUT2D eigenvalue weighted by atomic mass is 33.9. The standard InChI is InChI=1S/C14H22S6/c1-2-4-6-8-10-12-14-16-18-20-19-17-15-13-11-9-7-5-3-1/h3,5,7,9,11,13H,1-2,4,6,8,10,12,14H2. The van der Waals surface area contributed by atoms with E-state index in [4.69, 9.17) is 0 Å². The molecule has 1 rings (SSSR count). The lowest BCUT2D eigenvalue weighted by Crippen LogP contribution is -1.81. The molecule has 114 valence electrons. The van der Waals surface area contributed by atoms with E-state index in [-0.39, 0.29) is 0 Å². The summed E-state index contributed by atoms with van der Waals surface area (Å²) in [5.74, 6) is 1.30. The van der Waals surface area contributed by atoms with Gasteiger partial charge in [-0.1, -0.05) is 77.7 Å². The van der Waals surface area contributed by atoms with E-state index in [9.17, 15) is 0 Å². The maximum Gasteiger partial charge on any atom is 0.00454 e. The average molecular weight is 383 g/mol. The van der Waals surface area contributed by atoms with Crippen molar-refractivity contribution in [2.45, 2.75) is 44.9 Å². The van der Waals surface area contributed by atoms with Crippen molar-refractivity contribution in [1.29, 1.82) is 0 Å². The van der Waals surface area contributed by atoms with Crippen molar-refractivity contribution < 1.29 is 0 Å². The Balaban J connectivity index is 2.18. The van der Waals surface area contributed by atoms with Crippen molar-refractivity contribution in [2.24, 2.45) is 0 Å². The molecule has 0 fully saturated rings. The van der Waals surface area contributed by atoms with E-state index in [0.717, 1.165) is 0 Å². The summed E-state index contributed by atoms with van der Waals surface area (Å²) in [5, 5.41) is 2.14. The van der Waals surface area contributed by atoms with Gasteiger partial charge in [-0.3, -0.25) is 0 Å². The second-order valence-corrected chi connectivity index (χ2v) is 13.7. The predicted octanol–water partition coefficient (Wildman–Crippen LogP) is 8.33. The van der Waals surface area contributed by atoms with Crippen molar-refractivity contribution in [3.8, 4) is 0 Å². The second-order valence-electron chi connectivity index (χ2n) is 4.24. The summed E-state index contributed by atoms with van der Waals surface area (Å²) in [4.78, 5) is 0. The number of hydrogen-bond donors (Lipinski definition) is 0. The van der Waals surface area contributed by atoms with Crippen LogP contribution >= 0.6 is 60.9 Å². The monoisotopic (exact) mass is 382 g/mol. The van der Waals surface area contributed by atoms with E-state index >= 15 is 0 Å². The van der Waals surface area contributed by atoms with Gasteiger partial charge in [-0.05, 0) is 64.0 Å². The highest BCUT2D eigenvalue weighted by Crippen LogP contribution is 2.52. The van der Waals surface area contributed by atoms with Gasteiger partial charge in [0.15, 0.2) is 0 Å². The van der Waals surface area contributed by atoms with E-state index in [2.05, 4.69) is 35.8 Å². The van der Waals surface area contributed by atoms with Crippen LogP contribution in [-0.2, 0) is 0 Å². The minimum absolute atomic E-state index is 1.22. The third-order valence-electron chi connectivity index (χ3n) is 2.62. The Labute approximate surface area is 146 Å². The zero-order valence-electron chi connectivity index (χ0n) is 11.6. The SMILES string of the molecule is C1=CC=CSSSSSSCCCCCCCCC=C1. The van der Waals surface area contributed by atoms with Gasteiger partial charge in [0.25, 0.3) is 0 Å². The van der Waals surface area contributed by atoms with E-state index in [1.807, 2.05) is 50.1 Å². The first-order chi connectivity index (χ1) is 10.0. The fourth-order valence-corrected chi connectivity index (χ4v) is 12.5. The van der Waals surface area contributed by atoms with Gasteiger partial charge in [0.1, 0.15) is 0 Å². The molecule has 0 unspecified atom stereocenters. The van der Waals surface area contributed by atoms with Crippen molar-refractivity contribution in [1.82, 2.24) is 0 Å². The van der Waals surface area contributed by atoms with Crippen LogP contribution in [0.3, 0.4) is 0 Å². The Kier molecular flexibility index (Phi) is 16.2. The maximum absolute atomic E-state index is 2.28. The minimum Gasteiger partial charge on any atom is -0.0845 e. The van der Waals surface area contributed by atoms with E-state index < -0.39 is 0 Å². The predicted molar refractivity (Wildman–Crippen MR) is 110 cm³/mol. The Morgan fingerprint density at radius 1 is 0.600 bits per heavy atom. The van der Waals surface area contributed by atoms with Gasteiger partial charge >= 0.3 is 0 Å². The molecule has 0 nitrogen and oxygen atoms in total. The van der Waals surface area contributed by atoms with Gasteiger partial charge in [0.2, 0.25) is 0 Å². The molecule has 0 saturated heterocycles. The van der Waals surface area contributed by atoms with Crippen LogP contribution in [-0.4, -0.2) is 5.75 Å². The molecule has 0 aromatic rings. The molecule has 0 aliphatic carbocycles. The van der Waals surface area contributed by atoms with Crippen LogP contribution in [0.1, 0.15) is 44.9 Å². The summed E-state index contributed by atoms with van der Waals surface area (Å²) in [6, 6.07) is 0. The molecule has 0 amide bonds. The Hall–Kier alpha value is 1.32. The smallest absolute Gasteiger partial charge is 0.00454 e. The van der Waals surface area contributed by atoms with Crippen LogP contribution in [0.5, 0.6) is 0 Å². The average Bonchev–Trinajstić information content (AvgIpc) is 2.46. The van der Waals surface area contributed by atoms with Gasteiger partial charge in [-0.2, -0.15) is 0 Å². The molecule has 1 heterocycles. The molecule has 0 aromatic heterocycles. The molecule has 0 aromatic carbocycles. The lowest BCUT2D eigenvalue weighted by Gasteiger charge is -2.01. The molecular formula is C14H22S6. The van der Waals surface area contributed by atoms with Crippen LogP contribution in [0, 0.1) is 0 Å². The van der Waals surface area contributed by atoms with Crippen LogP contribution in [0.4, 0.5) is 0 Å². The molecule has 0 atom stereocenters. The number of allylic oxidation sites excluding steroid dienone is 5. The Morgan fingerprint density at radius 3 is 2.30 bits per heavy atom. The molecule has 0 spiro atoms. The molecule has 0 bridgehead atoms. The molecule has 0 saturated carbocycles. The number of rotatable bonds is 0. The van der Waals surface area contributed by atoms with Crippen LogP contribution in [0.2, 0.25) is 0 Å². The molecule has 6 heteroatoms. The van der Waals surface area contributed by atoms with E-state index in [1.165, 1.54) is 50.7 Å². The third-order valence-corrected chi connectivity index (χ3v) is 13.1. The summed E-state index contributed by atoms with van der Waals surface area (Å²) in [6.07, 6.45) is 20.3. The van der Waals surface area contributed by atoms with Gasteiger partial charge in [0, 0.05) is 5.75 Å². The largest absolute Gasteiger partial charge is 0.0845 e. The highest BCUT2D eigenvalue weighted by Gasteiger charge is 1.95. The van der Waals surface area contributed by atoms with Crippen molar-refractivity contribution in [3.05, 3.63) is 35.8 Å². The van der Waals surface area contributed by atoms with Crippen molar-refractivity contribution >= 4 is 60.9 Å². The van der Waals surface area contributed by atoms with E-state index in [1.54, 1.807) is 10.8 Å². The second kappa shape index (κ2) is 16.7. The van der Waals surface area contributed by atoms with Crippen LogP contribution in [0.15, 0.2) is 35.8 Å². The zero-order valence-corrected chi connectivity index (χ0v) is 16.5. The zero-order chi connectivity index (χ0) is 14.1. The summed E-state index contributed by atoms with van der Waals surface area (Å²) < 4.78 is 0. The van der Waals surface area contributed by atoms with Crippen LogP contribution in [0.25, 0.3) is 0 Å². The topological polar surface area (TPSA) is 0 Å². The fourth-order valence-electron chi connectivity index (χ4n) is 1.63. The van der Waals surface area contributed by atoms with E-state index in [0.29, 0.717) is 0 Å². The quantitative estimate of drug-likeness (QED) is 0.383. The fraction of sp³-hybridized carbons (Fsp3) is 0.571. The van der Waals surface area contributed by atoms with Crippen LogP contribution < -0.4 is 0 Å². The summed E-state index contributed by atoms with van der Waals surface area (Å²) in [6.45, 7) is 0. The van der Waals surface area contributed by atoms with Gasteiger partial charge in [-0.25, -0.2) is 0 Å². The lowest BCUT2D eigenvalue weighted by molar-refractivity contribution is 0.613. The molecule has 1 aliphatic rings. The molecular weight excluding hydrogens is 361 g/mol. The molecule has 20 heavy (non-hydrogen) atoms. The Morgan fingerprint density at radius 2 is 1.35 bits per heavy atom. The highest BCUT2D eigenvalue weighted by molar-refractivity contribution is 9.42. The first kappa shape index (κ1) is 19.4. The first-order valence-corrected chi connectivity index (χ1v) is 14.6. The molecule has 0 N–H and O–H groups in total. The van der Waals surface area contributed by atoms with Gasteiger partial charge in [-0.15, -0.1) is 0 Å². The first-order valence-electron chi connectivity index (χ1n) is 6.93.